The second-order valence-corrected chi connectivity index (χ2v) is 5.72. The highest BCUT2D eigenvalue weighted by atomic mass is 79.9. The summed E-state index contributed by atoms with van der Waals surface area (Å²) in [7, 11) is 0. The van der Waals surface area contributed by atoms with Crippen molar-refractivity contribution >= 4 is 42.8 Å². The van der Waals surface area contributed by atoms with Gasteiger partial charge in [-0.1, -0.05) is 28.1 Å². The molecule has 0 unspecified atom stereocenters. The minimum Gasteiger partial charge on any atom is -0.403 e. The number of benzene rings is 2. The highest BCUT2D eigenvalue weighted by Gasteiger charge is 2.10. The Bertz CT molecular complexity index is 827. The number of hydrogen-bond acceptors (Lipinski definition) is 3. The van der Waals surface area contributed by atoms with Gasteiger partial charge in [-0.3, -0.25) is 0 Å². The maximum absolute atomic E-state index is 12.0. The van der Waals surface area contributed by atoms with Gasteiger partial charge in [0.1, 0.15) is 0 Å². The summed E-state index contributed by atoms with van der Waals surface area (Å²) in [5.41, 5.74) is 0.978. The first-order chi connectivity index (χ1) is 9.15. The molecule has 0 aliphatic rings. The molecule has 0 spiro atoms. The van der Waals surface area contributed by atoms with Crippen molar-refractivity contribution in [3.05, 3.63) is 61.8 Å². The lowest BCUT2D eigenvalue weighted by molar-refractivity contribution is 0.518. The van der Waals surface area contributed by atoms with Gasteiger partial charge in [-0.15, -0.1) is 0 Å². The minimum atomic E-state index is -0.392. The number of halogens is 2. The van der Waals surface area contributed by atoms with Gasteiger partial charge in [0.2, 0.25) is 5.89 Å². The zero-order valence-corrected chi connectivity index (χ0v) is 12.7. The summed E-state index contributed by atoms with van der Waals surface area (Å²) in [5.74, 6) is 0.312. The molecular formula is C14H7Br2NO2. The Morgan fingerprint density at radius 3 is 2.63 bits per heavy atom. The largest absolute Gasteiger partial charge is 0.403 e. The van der Waals surface area contributed by atoms with Crippen LogP contribution in [0.2, 0.25) is 0 Å². The Labute approximate surface area is 125 Å². The molecule has 5 heteroatoms. The van der Waals surface area contributed by atoms with Crippen LogP contribution in [0.5, 0.6) is 0 Å². The molecule has 0 amide bonds. The quantitative estimate of drug-likeness (QED) is 0.629. The summed E-state index contributed by atoms with van der Waals surface area (Å²) >= 11 is 6.75. The molecule has 0 aliphatic carbocycles. The molecule has 1 aromatic heterocycles. The van der Waals surface area contributed by atoms with Crippen molar-refractivity contribution in [2.45, 2.75) is 0 Å². The van der Waals surface area contributed by atoms with Gasteiger partial charge in [0.05, 0.1) is 16.5 Å². The van der Waals surface area contributed by atoms with E-state index in [0.717, 1.165) is 14.5 Å². The molecule has 19 heavy (non-hydrogen) atoms. The SMILES string of the molecule is O=c1oc(-c2ccccc2Br)nc2ccc(Br)cc12. The predicted molar refractivity (Wildman–Crippen MR) is 81.1 cm³/mol. The number of aromatic nitrogens is 1. The first-order valence-electron chi connectivity index (χ1n) is 5.50. The summed E-state index contributed by atoms with van der Waals surface area (Å²) in [6.45, 7) is 0. The number of hydrogen-bond donors (Lipinski definition) is 0. The van der Waals surface area contributed by atoms with Gasteiger partial charge in [-0.05, 0) is 46.3 Å². The van der Waals surface area contributed by atoms with E-state index in [9.17, 15) is 4.79 Å². The Morgan fingerprint density at radius 1 is 1.05 bits per heavy atom. The topological polar surface area (TPSA) is 43.1 Å². The molecule has 94 valence electrons. The Hall–Kier alpha value is -1.46. The lowest BCUT2D eigenvalue weighted by Crippen LogP contribution is -2.03. The van der Waals surface area contributed by atoms with Crippen LogP contribution < -0.4 is 5.63 Å². The van der Waals surface area contributed by atoms with Crippen LogP contribution in [0, 0.1) is 0 Å². The fourth-order valence-corrected chi connectivity index (χ4v) is 2.61. The lowest BCUT2D eigenvalue weighted by atomic mass is 10.2. The fraction of sp³-hybridized carbons (Fsp3) is 0. The first-order valence-corrected chi connectivity index (χ1v) is 7.09. The van der Waals surface area contributed by atoms with Crippen LogP contribution in [0.15, 0.2) is 60.6 Å². The molecule has 3 aromatic rings. The molecule has 0 radical (unpaired) electrons. The van der Waals surface area contributed by atoms with E-state index in [0.29, 0.717) is 16.8 Å². The van der Waals surface area contributed by atoms with E-state index in [4.69, 9.17) is 4.42 Å². The van der Waals surface area contributed by atoms with Gasteiger partial charge in [0.15, 0.2) is 0 Å². The molecule has 3 nitrogen and oxygen atoms in total. The highest BCUT2D eigenvalue weighted by molar-refractivity contribution is 9.10. The van der Waals surface area contributed by atoms with Crippen molar-refractivity contribution in [3.63, 3.8) is 0 Å². The van der Waals surface area contributed by atoms with Crippen LogP contribution in [-0.4, -0.2) is 4.98 Å². The first kappa shape index (κ1) is 12.6. The van der Waals surface area contributed by atoms with Crippen molar-refractivity contribution in [1.29, 1.82) is 0 Å². The van der Waals surface area contributed by atoms with E-state index in [-0.39, 0.29) is 0 Å². The Kier molecular flexibility index (Phi) is 3.24. The van der Waals surface area contributed by atoms with E-state index < -0.39 is 5.63 Å². The van der Waals surface area contributed by atoms with Crippen LogP contribution in [0.4, 0.5) is 0 Å². The summed E-state index contributed by atoms with van der Waals surface area (Å²) in [6, 6.07) is 12.8. The van der Waals surface area contributed by atoms with Gasteiger partial charge in [0, 0.05) is 8.95 Å². The van der Waals surface area contributed by atoms with E-state index in [1.807, 2.05) is 30.3 Å². The van der Waals surface area contributed by atoms with E-state index >= 15 is 0 Å². The molecule has 0 N–H and O–H groups in total. The predicted octanol–water partition coefficient (Wildman–Crippen LogP) is 4.38. The minimum absolute atomic E-state index is 0.312. The average molecular weight is 381 g/mol. The van der Waals surface area contributed by atoms with Crippen LogP contribution >= 0.6 is 31.9 Å². The van der Waals surface area contributed by atoms with Crippen LogP contribution in [0.3, 0.4) is 0 Å². The second-order valence-electron chi connectivity index (χ2n) is 3.95. The summed E-state index contributed by atoms with van der Waals surface area (Å²) in [6.07, 6.45) is 0. The highest BCUT2D eigenvalue weighted by Crippen LogP contribution is 2.27. The molecule has 2 aromatic carbocycles. The molecule has 0 aliphatic heterocycles. The normalized spacial score (nSPS) is 10.8. The molecule has 0 saturated heterocycles. The number of nitrogens with zero attached hydrogens (tertiary/aromatic N) is 1. The lowest BCUT2D eigenvalue weighted by Gasteiger charge is -2.03. The third-order valence-electron chi connectivity index (χ3n) is 2.69. The number of fused-ring (bicyclic) bond motifs is 1. The maximum Gasteiger partial charge on any atom is 0.347 e. The molecular weight excluding hydrogens is 374 g/mol. The van der Waals surface area contributed by atoms with Crippen LogP contribution in [0.1, 0.15) is 0 Å². The van der Waals surface area contributed by atoms with Crippen LogP contribution in [-0.2, 0) is 0 Å². The van der Waals surface area contributed by atoms with Gasteiger partial charge >= 0.3 is 5.63 Å². The number of rotatable bonds is 1. The van der Waals surface area contributed by atoms with E-state index in [2.05, 4.69) is 36.8 Å². The van der Waals surface area contributed by atoms with Crippen molar-refractivity contribution in [2.75, 3.05) is 0 Å². The third-order valence-corrected chi connectivity index (χ3v) is 3.88. The van der Waals surface area contributed by atoms with E-state index in [1.165, 1.54) is 0 Å². The molecule has 1 heterocycles. The molecule has 0 fully saturated rings. The average Bonchev–Trinajstić information content (AvgIpc) is 2.40. The van der Waals surface area contributed by atoms with Gasteiger partial charge in [-0.25, -0.2) is 9.78 Å². The molecule has 0 bridgehead atoms. The van der Waals surface area contributed by atoms with Crippen LogP contribution in [0.25, 0.3) is 22.4 Å². The van der Waals surface area contributed by atoms with E-state index in [1.54, 1.807) is 12.1 Å². The fourth-order valence-electron chi connectivity index (χ4n) is 1.79. The Morgan fingerprint density at radius 2 is 1.84 bits per heavy atom. The van der Waals surface area contributed by atoms with Crippen molar-refractivity contribution in [1.82, 2.24) is 4.98 Å². The van der Waals surface area contributed by atoms with Crippen molar-refractivity contribution in [3.8, 4) is 11.5 Å². The zero-order chi connectivity index (χ0) is 13.4. The molecule has 3 rings (SSSR count). The molecule has 0 atom stereocenters. The Balaban J connectivity index is 2.31. The van der Waals surface area contributed by atoms with Crippen molar-refractivity contribution < 1.29 is 4.42 Å². The molecule has 0 saturated carbocycles. The van der Waals surface area contributed by atoms with Gasteiger partial charge in [-0.2, -0.15) is 0 Å². The third kappa shape index (κ3) is 2.35. The monoisotopic (exact) mass is 379 g/mol. The van der Waals surface area contributed by atoms with Gasteiger partial charge in [0.25, 0.3) is 0 Å². The summed E-state index contributed by atoms with van der Waals surface area (Å²) < 4.78 is 6.95. The standard InChI is InChI=1S/C14H7Br2NO2/c15-8-5-6-12-10(7-8)14(18)19-13(17-12)9-3-1-2-4-11(9)16/h1-7H. The van der Waals surface area contributed by atoms with Gasteiger partial charge < -0.3 is 4.42 Å². The van der Waals surface area contributed by atoms with Crippen molar-refractivity contribution in [2.24, 2.45) is 0 Å². The smallest absolute Gasteiger partial charge is 0.347 e. The summed E-state index contributed by atoms with van der Waals surface area (Å²) in [5, 5.41) is 0.463. The second kappa shape index (κ2) is 4.90. The zero-order valence-electron chi connectivity index (χ0n) is 9.56. The summed E-state index contributed by atoms with van der Waals surface area (Å²) in [4.78, 5) is 16.4. The maximum atomic E-state index is 12.0.